The third kappa shape index (κ3) is 10.0. The number of morpholine rings is 1. The maximum Gasteiger partial charge on any atom is 0.410 e. The van der Waals surface area contributed by atoms with Gasteiger partial charge in [-0.3, -0.25) is 28.9 Å². The number of hydrogen-bond donors (Lipinski definition) is 3. The first-order valence-corrected chi connectivity index (χ1v) is 23.3. The molecule has 7 aliphatic rings. The standard InChI is InChI=1S/C42H58N6O11S/c49-37-36-23-33(59-41(53)47-25-28-12-13-32(22-29(28)26-47)57-21-18-46-16-19-56-20-17-46)27-48(36)38(50)35(43-40(52)58-31-9-6-7-10-31)11-5-3-1-2-4-8-30-24-42(30,44-37)39(51)45-60(54,55)34-14-15-34/h4,8,12-13,22,30-31,33-36H,1-3,5-7,9-11,14-21,23-27H2,(H,43,52)(H,44,49)(H,45,51)/b8-4-/t30-,33+,35-,36-,42+/m0/s1. The summed E-state index contributed by atoms with van der Waals surface area (Å²) in [7, 11) is -3.91. The molecule has 5 amide bonds. The minimum Gasteiger partial charge on any atom is -0.492 e. The second-order valence-electron chi connectivity index (χ2n) is 17.4. The molecule has 0 radical (unpaired) electrons. The Morgan fingerprint density at radius 3 is 2.47 bits per heavy atom. The highest BCUT2D eigenvalue weighted by Gasteiger charge is 2.62. The normalized spacial score (nSPS) is 29.5. The van der Waals surface area contributed by atoms with Crippen LogP contribution in [-0.4, -0.2) is 134 Å². The van der Waals surface area contributed by atoms with Crippen molar-refractivity contribution < 1.29 is 51.3 Å². The maximum atomic E-state index is 14.5. The zero-order chi connectivity index (χ0) is 41.9. The van der Waals surface area contributed by atoms with E-state index in [1.54, 1.807) is 4.90 Å². The molecule has 18 heteroatoms. The summed E-state index contributed by atoms with van der Waals surface area (Å²) in [6.07, 6.45) is 8.99. The van der Waals surface area contributed by atoms with Crippen LogP contribution in [0.25, 0.3) is 0 Å². The predicted molar refractivity (Wildman–Crippen MR) is 216 cm³/mol. The summed E-state index contributed by atoms with van der Waals surface area (Å²) < 4.78 is 51.1. The van der Waals surface area contributed by atoms with Crippen molar-refractivity contribution in [3.05, 3.63) is 41.5 Å². The highest BCUT2D eigenvalue weighted by Crippen LogP contribution is 2.46. The highest BCUT2D eigenvalue weighted by molar-refractivity contribution is 7.91. The third-order valence-corrected chi connectivity index (χ3v) is 14.7. The largest absolute Gasteiger partial charge is 0.492 e. The second kappa shape index (κ2) is 18.3. The zero-order valence-electron chi connectivity index (χ0n) is 34.1. The van der Waals surface area contributed by atoms with Crippen molar-refractivity contribution in [1.82, 2.24) is 30.1 Å². The summed E-state index contributed by atoms with van der Waals surface area (Å²) in [6.45, 7) is 4.97. The first-order chi connectivity index (χ1) is 29.0. The Bertz CT molecular complexity index is 1930. The Morgan fingerprint density at radius 2 is 1.68 bits per heavy atom. The Balaban J connectivity index is 0.966. The van der Waals surface area contributed by atoms with Crippen LogP contribution in [0.1, 0.15) is 94.6 Å². The number of allylic oxidation sites excluding steroid dienone is 1. The van der Waals surface area contributed by atoms with Gasteiger partial charge in [0.1, 0.15) is 42.2 Å². The Kier molecular flexibility index (Phi) is 12.9. The van der Waals surface area contributed by atoms with Crippen LogP contribution in [0.15, 0.2) is 30.4 Å². The average molecular weight is 855 g/mol. The van der Waals surface area contributed by atoms with E-state index >= 15 is 0 Å². The molecule has 0 bridgehead atoms. The fourth-order valence-electron chi connectivity index (χ4n) is 9.11. The summed E-state index contributed by atoms with van der Waals surface area (Å²) in [6, 6.07) is 3.57. The van der Waals surface area contributed by atoms with E-state index in [0.29, 0.717) is 70.8 Å². The molecule has 328 valence electrons. The van der Waals surface area contributed by atoms with Crippen LogP contribution in [0.2, 0.25) is 0 Å². The van der Waals surface area contributed by atoms with Crippen LogP contribution >= 0.6 is 0 Å². The number of benzene rings is 1. The van der Waals surface area contributed by atoms with Crippen LogP contribution in [-0.2, 0) is 51.7 Å². The van der Waals surface area contributed by atoms with E-state index in [0.717, 1.165) is 69.3 Å². The van der Waals surface area contributed by atoms with Gasteiger partial charge in [-0.1, -0.05) is 31.1 Å². The number of sulfonamides is 1. The first kappa shape index (κ1) is 42.3. The van der Waals surface area contributed by atoms with Gasteiger partial charge in [-0.05, 0) is 87.5 Å². The molecule has 60 heavy (non-hydrogen) atoms. The highest BCUT2D eigenvalue weighted by atomic mass is 32.2. The minimum atomic E-state index is -3.91. The fourth-order valence-corrected chi connectivity index (χ4v) is 10.5. The van der Waals surface area contributed by atoms with Crippen LogP contribution in [0.5, 0.6) is 5.75 Å². The molecule has 5 fully saturated rings. The Labute approximate surface area is 351 Å². The number of fused-ring (bicyclic) bond motifs is 3. The number of ether oxygens (including phenoxy) is 4. The van der Waals surface area contributed by atoms with E-state index in [9.17, 15) is 32.4 Å². The van der Waals surface area contributed by atoms with Crippen molar-refractivity contribution in [2.75, 3.05) is 46.0 Å². The van der Waals surface area contributed by atoms with E-state index in [2.05, 4.69) is 20.3 Å². The van der Waals surface area contributed by atoms with Crippen LogP contribution in [0.3, 0.4) is 0 Å². The van der Waals surface area contributed by atoms with Gasteiger partial charge in [0.2, 0.25) is 21.8 Å². The van der Waals surface area contributed by atoms with Gasteiger partial charge < -0.3 is 34.5 Å². The number of hydrogen-bond acceptors (Lipinski definition) is 12. The van der Waals surface area contributed by atoms with E-state index in [1.165, 1.54) is 4.90 Å². The van der Waals surface area contributed by atoms with Crippen molar-refractivity contribution in [2.24, 2.45) is 5.92 Å². The molecule has 5 atom stereocenters. The summed E-state index contributed by atoms with van der Waals surface area (Å²) >= 11 is 0. The number of nitrogens with zero attached hydrogens (tertiary/aromatic N) is 3. The summed E-state index contributed by atoms with van der Waals surface area (Å²) in [4.78, 5) is 74.7. The molecule has 17 nitrogen and oxygen atoms in total. The number of rotatable bonds is 10. The lowest BCUT2D eigenvalue weighted by molar-refractivity contribution is -0.141. The van der Waals surface area contributed by atoms with Gasteiger partial charge in [-0.2, -0.15) is 0 Å². The number of carbonyl (C=O) groups is 5. The molecule has 3 N–H and O–H groups in total. The first-order valence-electron chi connectivity index (χ1n) is 21.8. The number of amides is 5. The van der Waals surface area contributed by atoms with E-state index in [4.69, 9.17) is 18.9 Å². The predicted octanol–water partition coefficient (Wildman–Crippen LogP) is 2.86. The lowest BCUT2D eigenvalue weighted by Crippen LogP contribution is -2.58. The number of nitrogens with one attached hydrogen (secondary N) is 3. The molecular formula is C42H58N6O11S. The van der Waals surface area contributed by atoms with E-state index in [-0.39, 0.29) is 25.5 Å². The molecule has 4 aliphatic heterocycles. The monoisotopic (exact) mass is 854 g/mol. The van der Waals surface area contributed by atoms with E-state index < -0.39 is 74.8 Å². The summed E-state index contributed by atoms with van der Waals surface area (Å²) in [5, 5.41) is 4.99. The van der Waals surface area contributed by atoms with E-state index in [1.807, 2.05) is 30.4 Å². The second-order valence-corrected chi connectivity index (χ2v) is 19.3. The molecule has 3 saturated carbocycles. The van der Waals surface area contributed by atoms with Gasteiger partial charge in [0.25, 0.3) is 5.91 Å². The molecule has 8 rings (SSSR count). The van der Waals surface area contributed by atoms with Crippen molar-refractivity contribution in [1.29, 1.82) is 0 Å². The Hall–Kier alpha value is -4.42. The van der Waals surface area contributed by atoms with Gasteiger partial charge >= 0.3 is 12.2 Å². The van der Waals surface area contributed by atoms with Crippen LogP contribution < -0.4 is 20.1 Å². The Morgan fingerprint density at radius 1 is 0.917 bits per heavy atom. The fraction of sp³-hybridized carbons (Fsp3) is 0.690. The van der Waals surface area contributed by atoms with Gasteiger partial charge in [0.05, 0.1) is 25.0 Å². The molecule has 0 aromatic heterocycles. The molecule has 0 spiro atoms. The number of alkyl carbamates (subject to hydrolysis) is 1. The molecule has 1 aromatic carbocycles. The van der Waals surface area contributed by atoms with Crippen molar-refractivity contribution in [3.8, 4) is 5.75 Å². The van der Waals surface area contributed by atoms with Crippen molar-refractivity contribution in [3.63, 3.8) is 0 Å². The van der Waals surface area contributed by atoms with Crippen molar-refractivity contribution >= 4 is 39.9 Å². The van der Waals surface area contributed by atoms with Gasteiger partial charge in [-0.25, -0.2) is 18.0 Å². The lowest BCUT2D eigenvalue weighted by atomic mass is 10.0. The topological polar surface area (TPSA) is 202 Å². The summed E-state index contributed by atoms with van der Waals surface area (Å²) in [5.74, 6) is -1.75. The maximum absolute atomic E-state index is 14.5. The molecule has 1 aromatic rings. The quantitative estimate of drug-likeness (QED) is 0.291. The van der Waals surface area contributed by atoms with Gasteiger partial charge in [-0.15, -0.1) is 0 Å². The molecule has 0 unspecified atom stereocenters. The van der Waals surface area contributed by atoms with Gasteiger partial charge in [0.15, 0.2) is 0 Å². The molecule has 3 aliphatic carbocycles. The minimum absolute atomic E-state index is 0.0664. The number of carbonyl (C=O) groups excluding carboxylic acids is 5. The van der Waals surface area contributed by atoms with Crippen LogP contribution in [0.4, 0.5) is 9.59 Å². The lowest BCUT2D eigenvalue weighted by Gasteiger charge is -2.30. The molecular weight excluding hydrogens is 797 g/mol. The smallest absolute Gasteiger partial charge is 0.410 e. The van der Waals surface area contributed by atoms with Crippen LogP contribution in [0, 0.1) is 5.92 Å². The van der Waals surface area contributed by atoms with Gasteiger partial charge in [0, 0.05) is 45.1 Å². The molecule has 2 saturated heterocycles. The zero-order valence-corrected chi connectivity index (χ0v) is 35.0. The third-order valence-electron chi connectivity index (χ3n) is 12.9. The summed E-state index contributed by atoms with van der Waals surface area (Å²) in [5.41, 5.74) is 0.358. The average Bonchev–Trinajstić information content (AvgIpc) is 4.02. The SMILES string of the molecule is O=C(N[C@H]1CCCCC/C=C\[C@H]2C[C@@]2(C(=O)NS(=O)(=O)C2CC2)NC(=O)[C@@H]2C[C@@H](OC(=O)N3Cc4ccc(OCCN5CCOCC5)cc4C3)CN2C1=O)OC1CCCC1. The van der Waals surface area contributed by atoms with Crippen molar-refractivity contribution in [2.45, 2.75) is 132 Å². The molecule has 4 heterocycles.